The number of allylic oxidation sites excluding steroid dienone is 2. The molecule has 0 aromatic heterocycles. The zero-order valence-electron chi connectivity index (χ0n) is 10.6. The summed E-state index contributed by atoms with van der Waals surface area (Å²) in [5.41, 5.74) is 1.50. The molecular formula is C16H18O2. The maximum absolute atomic E-state index is 10.6. The van der Waals surface area contributed by atoms with Crippen LogP contribution in [0.15, 0.2) is 73.9 Å². The van der Waals surface area contributed by atoms with Crippen LogP contribution in [0.5, 0.6) is 0 Å². The molecule has 0 unspecified atom stereocenters. The molecule has 1 aromatic rings. The lowest BCUT2D eigenvalue weighted by molar-refractivity contribution is -0.135. The highest BCUT2D eigenvalue weighted by Gasteiger charge is 1.99. The molecule has 0 radical (unpaired) electrons. The van der Waals surface area contributed by atoms with Gasteiger partial charge in [0.25, 0.3) is 0 Å². The van der Waals surface area contributed by atoms with Gasteiger partial charge in [0.2, 0.25) is 0 Å². The third-order valence-electron chi connectivity index (χ3n) is 1.92. The minimum Gasteiger partial charge on any atom is -0.465 e. The second-order valence-electron chi connectivity index (χ2n) is 3.23. The molecule has 0 aliphatic rings. The maximum Gasteiger partial charge on any atom is 0.337 e. The average Bonchev–Trinajstić information content (AvgIpc) is 2.45. The number of ether oxygens (including phenoxy) is 1. The normalized spacial score (nSPS) is 8.94. The molecule has 0 aliphatic heterocycles. The quantitative estimate of drug-likeness (QED) is 0.456. The first kappa shape index (κ1) is 15.7. The van der Waals surface area contributed by atoms with Crippen LogP contribution in [0.4, 0.5) is 0 Å². The first-order chi connectivity index (χ1) is 8.65. The van der Waals surface area contributed by atoms with E-state index in [4.69, 9.17) is 0 Å². The van der Waals surface area contributed by atoms with Crippen molar-refractivity contribution in [3.8, 4) is 0 Å². The number of esters is 1. The number of hydrogen-bond donors (Lipinski definition) is 0. The third kappa shape index (κ3) is 7.01. The first-order valence-corrected chi connectivity index (χ1v) is 5.39. The fourth-order valence-corrected chi connectivity index (χ4v) is 0.972. The second kappa shape index (κ2) is 9.85. The van der Waals surface area contributed by atoms with Crippen LogP contribution in [0.2, 0.25) is 0 Å². The molecule has 0 saturated heterocycles. The Hall–Kier alpha value is -2.35. The van der Waals surface area contributed by atoms with E-state index in [-0.39, 0.29) is 0 Å². The van der Waals surface area contributed by atoms with Gasteiger partial charge in [-0.25, -0.2) is 4.79 Å². The summed E-state index contributed by atoms with van der Waals surface area (Å²) in [5.74, 6) is -0.418. The zero-order chi connectivity index (χ0) is 13.8. The maximum atomic E-state index is 10.6. The number of hydrogen-bond acceptors (Lipinski definition) is 2. The summed E-state index contributed by atoms with van der Waals surface area (Å²) in [4.78, 5) is 10.6. The van der Waals surface area contributed by atoms with Gasteiger partial charge in [-0.3, -0.25) is 0 Å². The monoisotopic (exact) mass is 242 g/mol. The van der Waals surface area contributed by atoms with Crippen molar-refractivity contribution >= 4 is 12.0 Å². The van der Waals surface area contributed by atoms with Crippen molar-refractivity contribution in [2.45, 2.75) is 0 Å². The van der Waals surface area contributed by atoms with Crippen molar-refractivity contribution in [1.82, 2.24) is 0 Å². The van der Waals surface area contributed by atoms with Crippen LogP contribution in [-0.4, -0.2) is 13.1 Å². The Morgan fingerprint density at radius 2 is 1.83 bits per heavy atom. The van der Waals surface area contributed by atoms with Gasteiger partial charge in [0.15, 0.2) is 0 Å². The number of carbonyl (C=O) groups is 1. The molecule has 0 atom stereocenters. The highest BCUT2D eigenvalue weighted by molar-refractivity contribution is 5.90. The fraction of sp³-hybridized carbons (Fsp3) is 0.0625. The van der Waals surface area contributed by atoms with Crippen LogP contribution >= 0.6 is 0 Å². The molecular weight excluding hydrogens is 224 g/mol. The first-order valence-electron chi connectivity index (χ1n) is 5.39. The van der Waals surface area contributed by atoms with Gasteiger partial charge in [-0.05, 0) is 11.6 Å². The van der Waals surface area contributed by atoms with Crippen molar-refractivity contribution in [3.63, 3.8) is 0 Å². The molecule has 0 amide bonds. The second-order valence-corrected chi connectivity index (χ2v) is 3.23. The largest absolute Gasteiger partial charge is 0.465 e. The Bertz CT molecular complexity index is 428. The Kier molecular flexibility index (Phi) is 8.56. The summed E-state index contributed by atoms with van der Waals surface area (Å²) in [7, 11) is 1.31. The molecule has 1 aromatic carbocycles. The summed E-state index contributed by atoms with van der Waals surface area (Å²) in [6.07, 6.45) is 6.56. The topological polar surface area (TPSA) is 26.3 Å². The molecule has 0 bridgehead atoms. The summed E-state index contributed by atoms with van der Waals surface area (Å²) >= 11 is 0. The van der Waals surface area contributed by atoms with E-state index in [0.29, 0.717) is 5.57 Å². The number of carbonyl (C=O) groups excluding carboxylic acids is 1. The van der Waals surface area contributed by atoms with Crippen molar-refractivity contribution < 1.29 is 9.53 Å². The van der Waals surface area contributed by atoms with E-state index >= 15 is 0 Å². The number of rotatable bonds is 4. The lowest BCUT2D eigenvalue weighted by Crippen LogP contribution is -2.00. The molecule has 0 aliphatic carbocycles. The van der Waals surface area contributed by atoms with E-state index in [0.717, 1.165) is 0 Å². The molecule has 94 valence electrons. The van der Waals surface area contributed by atoms with Crippen molar-refractivity contribution in [2.75, 3.05) is 7.11 Å². The Morgan fingerprint density at radius 1 is 1.22 bits per heavy atom. The van der Waals surface area contributed by atoms with E-state index in [1.54, 1.807) is 18.2 Å². The highest BCUT2D eigenvalue weighted by atomic mass is 16.5. The van der Waals surface area contributed by atoms with E-state index in [1.807, 2.05) is 36.4 Å². The van der Waals surface area contributed by atoms with Gasteiger partial charge in [-0.2, -0.15) is 0 Å². The van der Waals surface area contributed by atoms with Gasteiger partial charge in [0.05, 0.1) is 12.7 Å². The zero-order valence-corrected chi connectivity index (χ0v) is 10.6. The summed E-state index contributed by atoms with van der Waals surface area (Å²) in [5, 5.41) is 0. The average molecular weight is 242 g/mol. The van der Waals surface area contributed by atoms with Gasteiger partial charge in [-0.15, -0.1) is 0 Å². The minimum atomic E-state index is -0.418. The molecule has 2 nitrogen and oxygen atoms in total. The predicted molar refractivity (Wildman–Crippen MR) is 77.0 cm³/mol. The van der Waals surface area contributed by atoms with Gasteiger partial charge < -0.3 is 4.74 Å². The van der Waals surface area contributed by atoms with Crippen molar-refractivity contribution in [3.05, 3.63) is 79.4 Å². The Labute approximate surface area is 109 Å². The van der Waals surface area contributed by atoms with E-state index in [1.165, 1.54) is 12.7 Å². The lowest BCUT2D eigenvalue weighted by Gasteiger charge is -1.94. The molecule has 0 spiro atoms. The minimum absolute atomic E-state index is 0.322. The fourth-order valence-electron chi connectivity index (χ4n) is 0.972. The Balaban J connectivity index is 0.000000327. The van der Waals surface area contributed by atoms with Crippen LogP contribution in [0.25, 0.3) is 6.08 Å². The summed E-state index contributed by atoms with van der Waals surface area (Å²) < 4.78 is 4.39. The predicted octanol–water partition coefficient (Wildman–Crippen LogP) is 3.79. The van der Waals surface area contributed by atoms with Gasteiger partial charge >= 0.3 is 5.97 Å². The van der Waals surface area contributed by atoms with Crippen LogP contribution in [0, 0.1) is 0 Å². The van der Waals surface area contributed by atoms with Crippen LogP contribution in [0.3, 0.4) is 0 Å². The molecule has 1 rings (SSSR count). The molecule has 2 heteroatoms. The summed E-state index contributed by atoms with van der Waals surface area (Å²) in [6.45, 7) is 10.5. The van der Waals surface area contributed by atoms with Gasteiger partial charge in [0.1, 0.15) is 0 Å². The molecule has 0 heterocycles. The number of methoxy groups -OCH3 is 1. The third-order valence-corrected chi connectivity index (χ3v) is 1.92. The molecule has 18 heavy (non-hydrogen) atoms. The van der Waals surface area contributed by atoms with E-state index < -0.39 is 5.97 Å². The standard InChI is InChI=1S/C8H10O2.C8H8/c1-4-5-6-7(2)8(9)10-3;1-2-8-6-4-3-5-7-8/h4-6H,1-2H2,3H3;2-7H,1H2/b6-5+;. The Morgan fingerprint density at radius 3 is 2.22 bits per heavy atom. The lowest BCUT2D eigenvalue weighted by atomic mass is 10.2. The smallest absolute Gasteiger partial charge is 0.337 e. The van der Waals surface area contributed by atoms with Crippen LogP contribution in [-0.2, 0) is 9.53 Å². The van der Waals surface area contributed by atoms with E-state index in [9.17, 15) is 4.79 Å². The van der Waals surface area contributed by atoms with Gasteiger partial charge in [0, 0.05) is 0 Å². The number of benzene rings is 1. The van der Waals surface area contributed by atoms with Crippen molar-refractivity contribution in [1.29, 1.82) is 0 Å². The highest BCUT2D eigenvalue weighted by Crippen LogP contribution is 1.97. The SMILES string of the molecule is C=C/C=C/C(=C)C(=O)OC.C=Cc1ccccc1. The molecule has 0 fully saturated rings. The molecule has 0 N–H and O–H groups in total. The molecule has 0 saturated carbocycles. The van der Waals surface area contributed by atoms with E-state index in [2.05, 4.69) is 24.5 Å². The summed E-state index contributed by atoms with van der Waals surface area (Å²) in [6, 6.07) is 10.0. The van der Waals surface area contributed by atoms with Gasteiger partial charge in [-0.1, -0.05) is 68.3 Å². The van der Waals surface area contributed by atoms with Crippen LogP contribution in [0.1, 0.15) is 5.56 Å². The van der Waals surface area contributed by atoms with Crippen molar-refractivity contribution in [2.24, 2.45) is 0 Å². The van der Waals surface area contributed by atoms with Crippen LogP contribution < -0.4 is 0 Å².